The molecular formula is C20H29NO2S. The lowest BCUT2D eigenvalue weighted by molar-refractivity contribution is -0.145. The molecule has 0 radical (unpaired) electrons. The number of rotatable bonds is 6. The molecule has 0 heterocycles. The summed E-state index contributed by atoms with van der Waals surface area (Å²) in [6.07, 6.45) is 3.62. The minimum Gasteiger partial charge on any atom is -0.460 e. The van der Waals surface area contributed by atoms with E-state index in [4.69, 9.17) is 10.5 Å². The molecule has 0 amide bonds. The molecule has 2 rings (SSSR count). The molecule has 24 heavy (non-hydrogen) atoms. The second kappa shape index (κ2) is 9.28. The molecular weight excluding hydrogens is 318 g/mol. The van der Waals surface area contributed by atoms with Crippen LogP contribution >= 0.6 is 11.8 Å². The van der Waals surface area contributed by atoms with E-state index >= 15 is 0 Å². The maximum absolute atomic E-state index is 12.1. The fraction of sp³-hybridized carbons (Fsp3) is 0.550. The Balaban J connectivity index is 1.81. The van der Waals surface area contributed by atoms with Gasteiger partial charge in [-0.05, 0) is 44.6 Å². The molecule has 2 N–H and O–H groups in total. The Labute approximate surface area is 150 Å². The van der Waals surface area contributed by atoms with Crippen molar-refractivity contribution >= 4 is 17.7 Å². The second-order valence-electron chi connectivity index (χ2n) is 6.93. The zero-order chi connectivity index (χ0) is 17.5. The summed E-state index contributed by atoms with van der Waals surface area (Å²) in [5.74, 6) is 1.04. The van der Waals surface area contributed by atoms with Gasteiger partial charge in [0.15, 0.2) is 0 Å². The molecule has 0 spiro atoms. The smallest absolute Gasteiger partial charge is 0.324 e. The fourth-order valence-electron chi connectivity index (χ4n) is 3.05. The van der Waals surface area contributed by atoms with E-state index in [1.54, 1.807) is 5.57 Å². The van der Waals surface area contributed by atoms with Crippen LogP contribution in [0.25, 0.3) is 0 Å². The molecule has 1 aromatic carbocycles. The summed E-state index contributed by atoms with van der Waals surface area (Å²) in [5, 5.41) is 0.492. The second-order valence-corrected chi connectivity index (χ2v) is 8.16. The number of thioether (sulfide) groups is 1. The summed E-state index contributed by atoms with van der Waals surface area (Å²) in [4.78, 5) is 12.1. The van der Waals surface area contributed by atoms with Crippen molar-refractivity contribution in [1.29, 1.82) is 0 Å². The maximum atomic E-state index is 12.1. The van der Waals surface area contributed by atoms with Crippen molar-refractivity contribution in [2.75, 3.05) is 5.75 Å². The first-order valence-electron chi connectivity index (χ1n) is 8.71. The van der Waals surface area contributed by atoms with Crippen molar-refractivity contribution in [3.8, 4) is 0 Å². The first-order chi connectivity index (χ1) is 11.5. The average Bonchev–Trinajstić information content (AvgIpc) is 2.58. The molecule has 1 aliphatic carbocycles. The summed E-state index contributed by atoms with van der Waals surface area (Å²) in [6, 6.07) is 9.14. The van der Waals surface area contributed by atoms with Gasteiger partial charge < -0.3 is 10.5 Å². The molecule has 0 bridgehead atoms. The first kappa shape index (κ1) is 19.1. The fourth-order valence-corrected chi connectivity index (χ4v) is 4.65. The van der Waals surface area contributed by atoms with Gasteiger partial charge in [0.2, 0.25) is 0 Å². The van der Waals surface area contributed by atoms with Crippen molar-refractivity contribution in [1.82, 2.24) is 0 Å². The molecule has 1 saturated carbocycles. The van der Waals surface area contributed by atoms with Crippen LogP contribution in [0.3, 0.4) is 0 Å². The number of carbonyl (C=O) groups excluding carboxylic acids is 1. The maximum Gasteiger partial charge on any atom is 0.324 e. The number of ether oxygens (including phenoxy) is 1. The molecule has 4 heteroatoms. The molecule has 1 aromatic rings. The van der Waals surface area contributed by atoms with Crippen LogP contribution in [0.4, 0.5) is 0 Å². The molecule has 1 aliphatic rings. The van der Waals surface area contributed by atoms with Crippen LogP contribution in [0.15, 0.2) is 41.5 Å². The third-order valence-electron chi connectivity index (χ3n) is 4.56. The Morgan fingerprint density at radius 2 is 2.04 bits per heavy atom. The van der Waals surface area contributed by atoms with Crippen LogP contribution < -0.4 is 5.73 Å². The van der Waals surface area contributed by atoms with E-state index < -0.39 is 6.04 Å². The van der Waals surface area contributed by atoms with Gasteiger partial charge in [-0.15, -0.1) is 0 Å². The first-order valence-corrected chi connectivity index (χ1v) is 9.76. The Morgan fingerprint density at radius 3 is 2.71 bits per heavy atom. The number of hydrogen-bond donors (Lipinski definition) is 1. The van der Waals surface area contributed by atoms with Crippen LogP contribution in [0, 0.1) is 5.92 Å². The summed E-state index contributed by atoms with van der Waals surface area (Å²) < 4.78 is 5.34. The highest BCUT2D eigenvalue weighted by atomic mass is 32.2. The van der Waals surface area contributed by atoms with Crippen molar-refractivity contribution in [2.24, 2.45) is 11.7 Å². The van der Waals surface area contributed by atoms with E-state index in [-0.39, 0.29) is 12.6 Å². The van der Waals surface area contributed by atoms with Crippen molar-refractivity contribution in [2.45, 2.75) is 57.9 Å². The van der Waals surface area contributed by atoms with Crippen LogP contribution in [0.1, 0.15) is 45.6 Å². The van der Waals surface area contributed by atoms with Crippen LogP contribution in [0.2, 0.25) is 0 Å². The molecule has 2 unspecified atom stereocenters. The highest BCUT2D eigenvalue weighted by molar-refractivity contribution is 8.00. The van der Waals surface area contributed by atoms with Crippen LogP contribution in [-0.2, 0) is 16.1 Å². The number of hydrogen-bond acceptors (Lipinski definition) is 4. The zero-order valence-electron chi connectivity index (χ0n) is 15.0. The Hall–Kier alpha value is -1.26. The summed E-state index contributed by atoms with van der Waals surface area (Å²) in [5.41, 5.74) is 9.99. The average molecular weight is 348 g/mol. The lowest BCUT2D eigenvalue weighted by Crippen LogP contribution is -2.35. The van der Waals surface area contributed by atoms with E-state index in [1.807, 2.05) is 42.1 Å². The van der Waals surface area contributed by atoms with Crippen molar-refractivity contribution < 1.29 is 9.53 Å². The number of nitrogens with two attached hydrogens (primary N) is 1. The summed E-state index contributed by atoms with van der Waals surface area (Å²) in [6.45, 7) is 6.97. The van der Waals surface area contributed by atoms with Gasteiger partial charge in [-0.2, -0.15) is 11.8 Å². The molecule has 0 aromatic heterocycles. The number of carbonyl (C=O) groups is 1. The van der Waals surface area contributed by atoms with Crippen LogP contribution in [0.5, 0.6) is 0 Å². The standard InChI is InChI=1S/C20H29NO2S/c1-14(2)17-10-9-15(3)11-19(17)24-13-18(21)20(22)23-12-16-7-5-4-6-8-16/h4-8,15,18-19H,9-13,21H2,1-3H3/t15?,18-,19?/m0/s1. The molecule has 132 valence electrons. The molecule has 0 aliphatic heterocycles. The van der Waals surface area contributed by atoms with Gasteiger partial charge in [0.1, 0.15) is 12.6 Å². The predicted molar refractivity (Wildman–Crippen MR) is 102 cm³/mol. The Bertz CT molecular complexity index is 566. The topological polar surface area (TPSA) is 52.3 Å². The Kier molecular flexibility index (Phi) is 7.38. The summed E-state index contributed by atoms with van der Waals surface area (Å²) >= 11 is 1.81. The van der Waals surface area contributed by atoms with Gasteiger partial charge in [-0.1, -0.05) is 48.4 Å². The lowest BCUT2D eigenvalue weighted by atomic mass is 9.85. The molecule has 0 saturated heterocycles. The van der Waals surface area contributed by atoms with E-state index in [0.29, 0.717) is 11.0 Å². The normalized spacial score (nSPS) is 22.1. The van der Waals surface area contributed by atoms with Gasteiger partial charge in [0, 0.05) is 11.0 Å². The minimum absolute atomic E-state index is 0.289. The van der Waals surface area contributed by atoms with E-state index in [1.165, 1.54) is 24.8 Å². The van der Waals surface area contributed by atoms with Gasteiger partial charge in [0.25, 0.3) is 0 Å². The highest BCUT2D eigenvalue weighted by Gasteiger charge is 2.26. The van der Waals surface area contributed by atoms with Gasteiger partial charge in [-0.3, -0.25) is 4.79 Å². The summed E-state index contributed by atoms with van der Waals surface area (Å²) in [7, 11) is 0. The minimum atomic E-state index is -0.561. The molecule has 3 nitrogen and oxygen atoms in total. The molecule has 1 fully saturated rings. The largest absolute Gasteiger partial charge is 0.460 e. The quantitative estimate of drug-likeness (QED) is 0.615. The Morgan fingerprint density at radius 1 is 1.33 bits per heavy atom. The van der Waals surface area contributed by atoms with E-state index in [9.17, 15) is 4.79 Å². The predicted octanol–water partition coefficient (Wildman–Crippen LogP) is 4.32. The van der Waals surface area contributed by atoms with Gasteiger partial charge >= 0.3 is 5.97 Å². The monoisotopic (exact) mass is 347 g/mol. The van der Waals surface area contributed by atoms with Crippen molar-refractivity contribution in [3.05, 3.63) is 47.0 Å². The number of esters is 1. The van der Waals surface area contributed by atoms with Crippen LogP contribution in [-0.4, -0.2) is 23.0 Å². The van der Waals surface area contributed by atoms with Gasteiger partial charge in [-0.25, -0.2) is 0 Å². The zero-order valence-corrected chi connectivity index (χ0v) is 15.8. The molecule has 3 atom stereocenters. The lowest BCUT2D eigenvalue weighted by Gasteiger charge is -2.31. The van der Waals surface area contributed by atoms with Gasteiger partial charge in [0.05, 0.1) is 0 Å². The highest BCUT2D eigenvalue weighted by Crippen LogP contribution is 2.37. The third kappa shape index (κ3) is 5.67. The number of allylic oxidation sites excluding steroid dienone is 1. The van der Waals surface area contributed by atoms with Crippen molar-refractivity contribution in [3.63, 3.8) is 0 Å². The third-order valence-corrected chi connectivity index (χ3v) is 5.99. The SMILES string of the molecule is CC(C)=C1CCC(C)CC1SC[C@H](N)C(=O)OCc1ccccc1. The number of benzene rings is 1. The van der Waals surface area contributed by atoms with E-state index in [0.717, 1.165) is 11.5 Å². The van der Waals surface area contributed by atoms with E-state index in [2.05, 4.69) is 20.8 Å².